The number of benzene rings is 2. The number of hydrogen-bond donors (Lipinski definition) is 0. The fraction of sp³-hybridized carbons (Fsp3) is 0.0588. The molecule has 0 spiro atoms. The highest BCUT2D eigenvalue weighted by molar-refractivity contribution is 9.10. The first-order valence-corrected chi connectivity index (χ1v) is 9.07. The third-order valence-electron chi connectivity index (χ3n) is 3.59. The minimum Gasteiger partial charge on any atom is -0.454 e. The van der Waals surface area contributed by atoms with Crippen LogP contribution in [-0.4, -0.2) is 17.0 Å². The third kappa shape index (κ3) is 2.72. The summed E-state index contributed by atoms with van der Waals surface area (Å²) in [6.45, 7) is 0.210. The number of thiocarbonyl (C=S) groups is 1. The number of para-hydroxylation sites is 1. The van der Waals surface area contributed by atoms with Gasteiger partial charge in [-0.25, -0.2) is 0 Å². The van der Waals surface area contributed by atoms with Crippen LogP contribution in [-0.2, 0) is 4.79 Å². The number of carbonyl (C=O) groups is 1. The van der Waals surface area contributed by atoms with Gasteiger partial charge in [-0.15, -0.1) is 0 Å². The molecule has 2 heterocycles. The van der Waals surface area contributed by atoms with E-state index in [-0.39, 0.29) is 12.7 Å². The molecule has 2 aromatic rings. The van der Waals surface area contributed by atoms with E-state index in [9.17, 15) is 4.79 Å². The highest BCUT2D eigenvalue weighted by Crippen LogP contribution is 2.40. The number of thioether (sulfide) groups is 1. The van der Waals surface area contributed by atoms with Gasteiger partial charge < -0.3 is 9.47 Å². The topological polar surface area (TPSA) is 38.8 Å². The quantitative estimate of drug-likeness (QED) is 0.525. The number of rotatable bonds is 2. The molecule has 0 bridgehead atoms. The van der Waals surface area contributed by atoms with E-state index in [4.69, 9.17) is 21.7 Å². The smallest absolute Gasteiger partial charge is 0.270 e. The summed E-state index contributed by atoms with van der Waals surface area (Å²) in [6.07, 6.45) is 1.81. The molecule has 2 aliphatic rings. The molecule has 0 N–H and O–H groups in total. The number of nitrogens with zero attached hydrogens (tertiary/aromatic N) is 1. The number of anilines is 1. The van der Waals surface area contributed by atoms with Crippen molar-refractivity contribution in [2.75, 3.05) is 11.7 Å². The Morgan fingerprint density at radius 3 is 2.62 bits per heavy atom. The highest BCUT2D eigenvalue weighted by atomic mass is 79.9. The van der Waals surface area contributed by atoms with Gasteiger partial charge in [-0.2, -0.15) is 0 Å². The second kappa shape index (κ2) is 6.23. The normalized spacial score (nSPS) is 17.9. The molecule has 0 atom stereocenters. The van der Waals surface area contributed by atoms with Gasteiger partial charge in [0.2, 0.25) is 6.79 Å². The van der Waals surface area contributed by atoms with Crippen molar-refractivity contribution in [3.8, 4) is 11.5 Å². The highest BCUT2D eigenvalue weighted by Gasteiger charge is 2.33. The van der Waals surface area contributed by atoms with Crippen molar-refractivity contribution < 1.29 is 14.3 Å². The summed E-state index contributed by atoms with van der Waals surface area (Å²) >= 11 is 10.2. The Bertz CT molecular complexity index is 883. The number of ether oxygens (including phenoxy) is 2. The fourth-order valence-corrected chi connectivity index (χ4v) is 4.18. The average Bonchev–Trinajstić information content (AvgIpc) is 3.13. The zero-order chi connectivity index (χ0) is 16.7. The Hall–Kier alpha value is -1.83. The lowest BCUT2D eigenvalue weighted by Crippen LogP contribution is -2.27. The van der Waals surface area contributed by atoms with Crippen LogP contribution in [0.1, 0.15) is 5.56 Å². The Labute approximate surface area is 156 Å². The predicted octanol–water partition coefficient (Wildman–Crippen LogP) is 4.58. The number of halogens is 1. The molecule has 1 saturated heterocycles. The molecule has 4 rings (SSSR count). The molecule has 0 aromatic heterocycles. The molecule has 120 valence electrons. The second-order valence-electron chi connectivity index (χ2n) is 5.08. The van der Waals surface area contributed by atoms with Crippen LogP contribution < -0.4 is 14.4 Å². The predicted molar refractivity (Wildman–Crippen MR) is 102 cm³/mol. The van der Waals surface area contributed by atoms with Gasteiger partial charge in [0.25, 0.3) is 5.91 Å². The van der Waals surface area contributed by atoms with Crippen molar-refractivity contribution in [1.82, 2.24) is 0 Å². The molecule has 0 radical (unpaired) electrons. The van der Waals surface area contributed by atoms with Crippen molar-refractivity contribution in [3.05, 3.63) is 57.4 Å². The van der Waals surface area contributed by atoms with E-state index in [0.717, 1.165) is 15.7 Å². The molecular weight excluding hydrogens is 410 g/mol. The molecule has 0 unspecified atom stereocenters. The maximum atomic E-state index is 12.7. The Balaban J connectivity index is 1.70. The van der Waals surface area contributed by atoms with Crippen molar-refractivity contribution >= 4 is 61.9 Å². The van der Waals surface area contributed by atoms with Gasteiger partial charge in [0.15, 0.2) is 15.8 Å². The van der Waals surface area contributed by atoms with Crippen LogP contribution >= 0.6 is 39.9 Å². The lowest BCUT2D eigenvalue weighted by molar-refractivity contribution is -0.113. The van der Waals surface area contributed by atoms with Crippen LogP contribution in [0.3, 0.4) is 0 Å². The lowest BCUT2D eigenvalue weighted by Gasteiger charge is -2.13. The molecular formula is C17H10BrNO3S2. The van der Waals surface area contributed by atoms with Gasteiger partial charge in [0.1, 0.15) is 0 Å². The van der Waals surface area contributed by atoms with E-state index in [0.29, 0.717) is 20.7 Å². The van der Waals surface area contributed by atoms with Crippen LogP contribution in [0.4, 0.5) is 5.69 Å². The number of amides is 1. The molecule has 1 fully saturated rings. The molecule has 2 aromatic carbocycles. The summed E-state index contributed by atoms with van der Waals surface area (Å²) in [4.78, 5) is 14.9. The van der Waals surface area contributed by atoms with Crippen molar-refractivity contribution in [2.45, 2.75) is 0 Å². The molecule has 24 heavy (non-hydrogen) atoms. The van der Waals surface area contributed by atoms with E-state index < -0.39 is 0 Å². The summed E-state index contributed by atoms with van der Waals surface area (Å²) in [6, 6.07) is 13.1. The minimum atomic E-state index is -0.124. The standard InChI is InChI=1S/C17H10BrNO3S2/c18-12-8-14-13(21-9-22-14)6-10(12)7-15-16(20)19(17(23)24-15)11-4-2-1-3-5-11/h1-8H,9H2/b15-7-. The molecule has 4 nitrogen and oxygen atoms in total. The maximum Gasteiger partial charge on any atom is 0.270 e. The first-order valence-electron chi connectivity index (χ1n) is 7.05. The number of fused-ring (bicyclic) bond motifs is 1. The first-order chi connectivity index (χ1) is 11.6. The summed E-state index contributed by atoms with van der Waals surface area (Å²) in [5, 5.41) is 0. The van der Waals surface area contributed by atoms with E-state index in [1.807, 2.05) is 48.5 Å². The van der Waals surface area contributed by atoms with Crippen LogP contribution in [0, 0.1) is 0 Å². The zero-order valence-electron chi connectivity index (χ0n) is 12.2. The summed E-state index contributed by atoms with van der Waals surface area (Å²) < 4.78 is 12.1. The molecule has 0 aliphatic carbocycles. The Morgan fingerprint density at radius 2 is 1.88 bits per heavy atom. The average molecular weight is 420 g/mol. The number of hydrogen-bond acceptors (Lipinski definition) is 5. The van der Waals surface area contributed by atoms with Gasteiger partial charge in [0.05, 0.1) is 10.6 Å². The zero-order valence-corrected chi connectivity index (χ0v) is 15.4. The SMILES string of the molecule is O=C1/C(=C/c2cc3c(cc2Br)OCO3)SC(=S)N1c1ccccc1. The molecule has 2 aliphatic heterocycles. The molecule has 7 heteroatoms. The summed E-state index contributed by atoms with van der Waals surface area (Å²) in [5.41, 5.74) is 1.61. The molecule has 0 saturated carbocycles. The maximum absolute atomic E-state index is 12.7. The largest absolute Gasteiger partial charge is 0.454 e. The fourth-order valence-electron chi connectivity index (χ4n) is 2.45. The van der Waals surface area contributed by atoms with Gasteiger partial charge in [-0.05, 0) is 35.9 Å². The Morgan fingerprint density at radius 1 is 1.17 bits per heavy atom. The third-order valence-corrected chi connectivity index (χ3v) is 5.58. The van der Waals surface area contributed by atoms with E-state index in [1.165, 1.54) is 11.8 Å². The van der Waals surface area contributed by atoms with Gasteiger partial charge in [0, 0.05) is 4.47 Å². The summed E-state index contributed by atoms with van der Waals surface area (Å²) in [5.74, 6) is 1.24. The monoisotopic (exact) mass is 419 g/mol. The Kier molecular flexibility index (Phi) is 4.07. The summed E-state index contributed by atoms with van der Waals surface area (Å²) in [7, 11) is 0. The van der Waals surface area contributed by atoms with Gasteiger partial charge in [-0.3, -0.25) is 9.69 Å². The first kappa shape index (κ1) is 15.7. The van der Waals surface area contributed by atoms with E-state index >= 15 is 0 Å². The second-order valence-corrected chi connectivity index (χ2v) is 7.61. The molecule has 1 amide bonds. The van der Waals surface area contributed by atoms with E-state index in [1.54, 1.807) is 4.90 Å². The van der Waals surface area contributed by atoms with Gasteiger partial charge in [-0.1, -0.05) is 58.1 Å². The lowest BCUT2D eigenvalue weighted by atomic mass is 10.2. The number of carbonyl (C=O) groups excluding carboxylic acids is 1. The van der Waals surface area contributed by atoms with Crippen LogP contribution in [0.25, 0.3) is 6.08 Å². The van der Waals surface area contributed by atoms with Gasteiger partial charge >= 0.3 is 0 Å². The van der Waals surface area contributed by atoms with Crippen molar-refractivity contribution in [3.63, 3.8) is 0 Å². The van der Waals surface area contributed by atoms with E-state index in [2.05, 4.69) is 15.9 Å². The van der Waals surface area contributed by atoms with Crippen molar-refractivity contribution in [1.29, 1.82) is 0 Å². The van der Waals surface area contributed by atoms with Crippen molar-refractivity contribution in [2.24, 2.45) is 0 Å². The minimum absolute atomic E-state index is 0.124. The van der Waals surface area contributed by atoms with Crippen LogP contribution in [0.2, 0.25) is 0 Å². The van der Waals surface area contributed by atoms with Crippen LogP contribution in [0.5, 0.6) is 11.5 Å². The van der Waals surface area contributed by atoms with Crippen LogP contribution in [0.15, 0.2) is 51.8 Å².